The molecule has 1 aromatic heterocycles. The van der Waals surface area contributed by atoms with Crippen molar-refractivity contribution in [2.75, 3.05) is 13.1 Å². The summed E-state index contributed by atoms with van der Waals surface area (Å²) < 4.78 is 11.2. The van der Waals surface area contributed by atoms with Crippen LogP contribution in [0.25, 0.3) is 22.8 Å². The van der Waals surface area contributed by atoms with Crippen molar-refractivity contribution in [3.05, 3.63) is 48.5 Å². The van der Waals surface area contributed by atoms with E-state index in [1.54, 1.807) is 24.3 Å². The third-order valence-electron chi connectivity index (χ3n) is 3.97. The molecule has 2 N–H and O–H groups in total. The maximum absolute atomic E-state index is 9.33. The first-order valence-electron chi connectivity index (χ1n) is 7.89. The number of phenolic OH excluding ortho intramolecular Hbond substituents is 1. The summed E-state index contributed by atoms with van der Waals surface area (Å²) in [4.78, 5) is 4.40. The van der Waals surface area contributed by atoms with Gasteiger partial charge in [0.1, 0.15) is 17.6 Å². The topological polar surface area (TPSA) is 80.4 Å². The van der Waals surface area contributed by atoms with Crippen LogP contribution in [0.3, 0.4) is 0 Å². The van der Waals surface area contributed by atoms with Crippen LogP contribution in [-0.2, 0) is 0 Å². The van der Waals surface area contributed by atoms with Crippen LogP contribution in [0.2, 0.25) is 0 Å². The minimum Gasteiger partial charge on any atom is -0.508 e. The van der Waals surface area contributed by atoms with Crippen molar-refractivity contribution < 1.29 is 14.4 Å². The molecule has 24 heavy (non-hydrogen) atoms. The summed E-state index contributed by atoms with van der Waals surface area (Å²) in [5.41, 5.74) is 1.63. The number of hydrogen-bond donors (Lipinski definition) is 2. The fraction of sp³-hybridized carbons (Fsp3) is 0.222. The van der Waals surface area contributed by atoms with Crippen molar-refractivity contribution >= 4 is 0 Å². The van der Waals surface area contributed by atoms with Crippen molar-refractivity contribution in [3.63, 3.8) is 0 Å². The number of nitrogens with zero attached hydrogens (tertiary/aromatic N) is 2. The van der Waals surface area contributed by atoms with Crippen LogP contribution >= 0.6 is 0 Å². The molecule has 0 spiro atoms. The molecule has 6 heteroatoms. The molecule has 2 heterocycles. The third-order valence-corrected chi connectivity index (χ3v) is 3.97. The lowest BCUT2D eigenvalue weighted by molar-refractivity contribution is 0.223. The van der Waals surface area contributed by atoms with Crippen molar-refractivity contribution in [1.29, 1.82) is 0 Å². The van der Waals surface area contributed by atoms with Crippen molar-refractivity contribution in [1.82, 2.24) is 15.5 Å². The summed E-state index contributed by atoms with van der Waals surface area (Å²) >= 11 is 0. The second-order valence-electron chi connectivity index (χ2n) is 5.73. The van der Waals surface area contributed by atoms with Gasteiger partial charge in [-0.25, -0.2) is 0 Å². The molecule has 4 rings (SSSR count). The van der Waals surface area contributed by atoms with E-state index >= 15 is 0 Å². The molecule has 0 radical (unpaired) electrons. The van der Waals surface area contributed by atoms with Crippen molar-refractivity contribution in [2.24, 2.45) is 0 Å². The van der Waals surface area contributed by atoms with E-state index in [2.05, 4.69) is 15.5 Å². The lowest BCUT2D eigenvalue weighted by atomic mass is 10.2. The van der Waals surface area contributed by atoms with Gasteiger partial charge in [0.2, 0.25) is 5.82 Å². The first kappa shape index (κ1) is 14.7. The Hall–Kier alpha value is -2.86. The molecule has 1 atom stereocenters. The Morgan fingerprint density at radius 3 is 2.50 bits per heavy atom. The molecule has 1 unspecified atom stereocenters. The number of benzene rings is 2. The summed E-state index contributed by atoms with van der Waals surface area (Å²) in [6.45, 7) is 1.90. The molecule has 122 valence electrons. The van der Waals surface area contributed by atoms with Gasteiger partial charge in [-0.15, -0.1) is 0 Å². The Morgan fingerprint density at radius 2 is 1.79 bits per heavy atom. The van der Waals surface area contributed by atoms with Gasteiger partial charge in [0, 0.05) is 17.7 Å². The van der Waals surface area contributed by atoms with Crippen LogP contribution in [0.4, 0.5) is 0 Å². The van der Waals surface area contributed by atoms with Gasteiger partial charge in [-0.2, -0.15) is 4.98 Å². The van der Waals surface area contributed by atoms with Gasteiger partial charge < -0.3 is 19.7 Å². The summed E-state index contributed by atoms with van der Waals surface area (Å²) in [6, 6.07) is 14.3. The van der Waals surface area contributed by atoms with Crippen LogP contribution in [0, 0.1) is 0 Å². The number of phenols is 1. The van der Waals surface area contributed by atoms with Crippen LogP contribution in [0.15, 0.2) is 53.1 Å². The Bertz CT molecular complexity index is 806. The van der Waals surface area contributed by atoms with Crippen LogP contribution < -0.4 is 10.1 Å². The molecule has 1 saturated heterocycles. The van der Waals surface area contributed by atoms with Crippen molar-refractivity contribution in [3.8, 4) is 34.3 Å². The first-order chi connectivity index (χ1) is 11.8. The van der Waals surface area contributed by atoms with Gasteiger partial charge in [-0.1, -0.05) is 5.16 Å². The quantitative estimate of drug-likeness (QED) is 0.768. The second kappa shape index (κ2) is 6.33. The zero-order chi connectivity index (χ0) is 16.4. The van der Waals surface area contributed by atoms with E-state index in [-0.39, 0.29) is 11.9 Å². The molecule has 0 amide bonds. The second-order valence-corrected chi connectivity index (χ2v) is 5.73. The minimum absolute atomic E-state index is 0.201. The highest BCUT2D eigenvalue weighted by Crippen LogP contribution is 2.25. The molecule has 0 saturated carbocycles. The standard InChI is InChI=1S/C18H17N3O3/c22-14-5-1-13(2-6-14)18-20-17(21-24-18)12-3-7-15(8-4-12)23-16-9-10-19-11-16/h1-8,16,19,22H,9-11H2. The molecule has 1 aliphatic heterocycles. The van der Waals surface area contributed by atoms with Gasteiger partial charge in [-0.3, -0.25) is 0 Å². The van der Waals surface area contributed by atoms with Gasteiger partial charge in [-0.05, 0) is 61.5 Å². The van der Waals surface area contributed by atoms with Gasteiger partial charge in [0.15, 0.2) is 0 Å². The van der Waals surface area contributed by atoms with E-state index in [0.29, 0.717) is 11.7 Å². The Kier molecular flexibility index (Phi) is 3.88. The molecule has 0 bridgehead atoms. The minimum atomic E-state index is 0.201. The zero-order valence-electron chi connectivity index (χ0n) is 13.0. The number of aromatic nitrogens is 2. The number of hydrogen-bond acceptors (Lipinski definition) is 6. The van der Waals surface area contributed by atoms with Crippen LogP contribution in [0.1, 0.15) is 6.42 Å². The van der Waals surface area contributed by atoms with Crippen LogP contribution in [0.5, 0.6) is 11.5 Å². The van der Waals surface area contributed by atoms with Crippen LogP contribution in [-0.4, -0.2) is 34.4 Å². The summed E-state index contributed by atoms with van der Waals surface area (Å²) in [7, 11) is 0. The fourth-order valence-corrected chi connectivity index (χ4v) is 2.67. The number of rotatable bonds is 4. The molecular formula is C18H17N3O3. The van der Waals surface area contributed by atoms with Crippen molar-refractivity contribution in [2.45, 2.75) is 12.5 Å². The molecule has 2 aromatic carbocycles. The number of nitrogens with one attached hydrogen (secondary N) is 1. The van der Waals surface area contributed by atoms with E-state index in [4.69, 9.17) is 9.26 Å². The summed E-state index contributed by atoms with van der Waals surface area (Å²) in [6.07, 6.45) is 1.27. The molecular weight excluding hydrogens is 306 g/mol. The lowest BCUT2D eigenvalue weighted by Crippen LogP contribution is -2.19. The molecule has 1 aliphatic rings. The van der Waals surface area contributed by atoms with E-state index in [0.717, 1.165) is 36.4 Å². The number of aromatic hydroxyl groups is 1. The summed E-state index contributed by atoms with van der Waals surface area (Å²) in [5.74, 6) is 1.98. The lowest BCUT2D eigenvalue weighted by Gasteiger charge is -2.12. The molecule has 3 aromatic rings. The number of ether oxygens (including phenoxy) is 1. The van der Waals surface area contributed by atoms with E-state index in [9.17, 15) is 5.11 Å². The van der Waals surface area contributed by atoms with Gasteiger partial charge in [0.05, 0.1) is 0 Å². The maximum atomic E-state index is 9.33. The van der Waals surface area contributed by atoms with Gasteiger partial charge in [0.25, 0.3) is 5.89 Å². The highest BCUT2D eigenvalue weighted by Gasteiger charge is 2.16. The Labute approximate surface area is 139 Å². The molecule has 1 fully saturated rings. The smallest absolute Gasteiger partial charge is 0.258 e. The highest BCUT2D eigenvalue weighted by molar-refractivity contribution is 5.60. The van der Waals surface area contributed by atoms with Gasteiger partial charge >= 0.3 is 0 Å². The monoisotopic (exact) mass is 323 g/mol. The molecule has 6 nitrogen and oxygen atoms in total. The molecule has 0 aliphatic carbocycles. The predicted octanol–water partition coefficient (Wildman–Crippen LogP) is 2.85. The third kappa shape index (κ3) is 3.09. The SMILES string of the molecule is Oc1ccc(-c2nc(-c3ccc(OC4CCNC4)cc3)no2)cc1. The zero-order valence-corrected chi connectivity index (χ0v) is 13.0. The average Bonchev–Trinajstić information content (AvgIpc) is 3.28. The highest BCUT2D eigenvalue weighted by atomic mass is 16.5. The Balaban J connectivity index is 1.50. The average molecular weight is 323 g/mol. The summed E-state index contributed by atoms with van der Waals surface area (Å²) in [5, 5.41) is 16.6. The van der Waals surface area contributed by atoms with E-state index in [1.165, 1.54) is 0 Å². The Morgan fingerprint density at radius 1 is 1.04 bits per heavy atom. The fourth-order valence-electron chi connectivity index (χ4n) is 2.67. The first-order valence-corrected chi connectivity index (χ1v) is 7.89. The van der Waals surface area contributed by atoms with E-state index < -0.39 is 0 Å². The largest absolute Gasteiger partial charge is 0.508 e. The van der Waals surface area contributed by atoms with E-state index in [1.807, 2.05) is 24.3 Å². The normalized spacial score (nSPS) is 17.1. The maximum Gasteiger partial charge on any atom is 0.258 e. The predicted molar refractivity (Wildman–Crippen MR) is 88.7 cm³/mol.